The van der Waals surface area contributed by atoms with E-state index in [2.05, 4.69) is 14.9 Å². The fourth-order valence-corrected chi connectivity index (χ4v) is 2.52. The van der Waals surface area contributed by atoms with Gasteiger partial charge in [0.25, 0.3) is 5.91 Å². The maximum atomic E-state index is 12.8. The lowest BCUT2D eigenvalue weighted by molar-refractivity contribution is -0.123. The molecule has 0 saturated heterocycles. The highest BCUT2D eigenvalue weighted by molar-refractivity contribution is 5.78. The average Bonchev–Trinajstić information content (AvgIpc) is 2.97. The molecule has 0 aliphatic rings. The lowest BCUT2D eigenvalue weighted by Gasteiger charge is -2.09. The van der Waals surface area contributed by atoms with Crippen LogP contribution in [0.3, 0.4) is 0 Å². The summed E-state index contributed by atoms with van der Waals surface area (Å²) in [6, 6.07) is 13.4. The van der Waals surface area contributed by atoms with Crippen molar-refractivity contribution >= 4 is 16.9 Å². The Bertz CT molecular complexity index is 843. The van der Waals surface area contributed by atoms with Crippen LogP contribution in [0.4, 0.5) is 4.39 Å². The molecule has 0 bridgehead atoms. The second-order valence-electron chi connectivity index (χ2n) is 5.28. The molecule has 3 aromatic rings. The molecular formula is C18H18FN3O2. The number of para-hydroxylation sites is 2. The summed E-state index contributed by atoms with van der Waals surface area (Å²) in [7, 11) is 0. The molecule has 2 aromatic carbocycles. The summed E-state index contributed by atoms with van der Waals surface area (Å²) >= 11 is 0. The zero-order valence-electron chi connectivity index (χ0n) is 13.3. The van der Waals surface area contributed by atoms with E-state index in [4.69, 9.17) is 4.74 Å². The zero-order valence-corrected chi connectivity index (χ0v) is 13.3. The van der Waals surface area contributed by atoms with Gasteiger partial charge in [-0.1, -0.05) is 12.1 Å². The molecular weight excluding hydrogens is 309 g/mol. The van der Waals surface area contributed by atoms with Gasteiger partial charge in [0.15, 0.2) is 6.61 Å². The minimum atomic E-state index is -0.342. The first-order valence-electron chi connectivity index (χ1n) is 7.76. The molecule has 0 aliphatic carbocycles. The average molecular weight is 327 g/mol. The normalized spacial score (nSPS) is 10.8. The number of amides is 1. The predicted molar refractivity (Wildman–Crippen MR) is 89.1 cm³/mol. The molecule has 0 aliphatic heterocycles. The first-order chi connectivity index (χ1) is 11.7. The van der Waals surface area contributed by atoms with Crippen LogP contribution in [0.25, 0.3) is 11.0 Å². The van der Waals surface area contributed by atoms with Crippen LogP contribution >= 0.6 is 0 Å². The molecule has 0 fully saturated rings. The zero-order chi connectivity index (χ0) is 16.9. The minimum absolute atomic E-state index is 0.127. The highest BCUT2D eigenvalue weighted by atomic mass is 19.1. The molecule has 1 heterocycles. The minimum Gasteiger partial charge on any atom is -0.484 e. The van der Waals surface area contributed by atoms with E-state index in [0.717, 1.165) is 23.4 Å². The lowest BCUT2D eigenvalue weighted by Crippen LogP contribution is -2.29. The molecule has 124 valence electrons. The Morgan fingerprint density at radius 2 is 1.96 bits per heavy atom. The van der Waals surface area contributed by atoms with Gasteiger partial charge in [-0.05, 0) is 43.3 Å². The molecule has 0 unspecified atom stereocenters. The molecule has 0 atom stereocenters. The Labute approximate surface area is 139 Å². The van der Waals surface area contributed by atoms with Crippen LogP contribution in [-0.4, -0.2) is 22.1 Å². The van der Waals surface area contributed by atoms with Crippen LogP contribution in [0.15, 0.2) is 48.5 Å². The van der Waals surface area contributed by atoms with E-state index in [1.807, 2.05) is 31.2 Å². The predicted octanol–water partition coefficient (Wildman–Crippen LogP) is 2.89. The quantitative estimate of drug-likeness (QED) is 0.757. The Morgan fingerprint density at radius 3 is 2.71 bits per heavy atom. The fourth-order valence-electron chi connectivity index (χ4n) is 2.52. The molecule has 1 N–H and O–H groups in total. The van der Waals surface area contributed by atoms with Crippen LogP contribution in [0.1, 0.15) is 12.7 Å². The third-order valence-electron chi connectivity index (χ3n) is 3.68. The number of carbonyl (C=O) groups is 1. The largest absolute Gasteiger partial charge is 0.484 e. The number of nitrogens with one attached hydrogen (secondary N) is 1. The van der Waals surface area contributed by atoms with Gasteiger partial charge in [0.05, 0.1) is 17.6 Å². The van der Waals surface area contributed by atoms with E-state index in [-0.39, 0.29) is 18.3 Å². The first kappa shape index (κ1) is 16.0. The Morgan fingerprint density at radius 1 is 1.21 bits per heavy atom. The monoisotopic (exact) mass is 327 g/mol. The van der Waals surface area contributed by atoms with Crippen molar-refractivity contribution in [3.63, 3.8) is 0 Å². The summed E-state index contributed by atoms with van der Waals surface area (Å²) in [6.07, 6.45) is 0. The fraction of sp³-hybridized carbons (Fsp3) is 0.222. The van der Waals surface area contributed by atoms with Crippen molar-refractivity contribution in [3.05, 3.63) is 60.2 Å². The molecule has 1 aromatic heterocycles. The summed E-state index contributed by atoms with van der Waals surface area (Å²) in [6.45, 7) is 3.01. The number of fused-ring (bicyclic) bond motifs is 1. The van der Waals surface area contributed by atoms with Crippen molar-refractivity contribution in [2.45, 2.75) is 20.0 Å². The van der Waals surface area contributed by atoms with Gasteiger partial charge < -0.3 is 14.6 Å². The SMILES string of the molecule is CCn1c(CNC(=O)COc2ccc(F)cc2)nc2ccccc21. The van der Waals surface area contributed by atoms with E-state index in [1.54, 1.807) is 0 Å². The van der Waals surface area contributed by atoms with Crippen LogP contribution in [0.2, 0.25) is 0 Å². The van der Waals surface area contributed by atoms with Gasteiger partial charge in [-0.25, -0.2) is 9.37 Å². The van der Waals surface area contributed by atoms with E-state index < -0.39 is 0 Å². The number of imidazole rings is 1. The Balaban J connectivity index is 1.59. The van der Waals surface area contributed by atoms with Crippen LogP contribution < -0.4 is 10.1 Å². The second-order valence-corrected chi connectivity index (χ2v) is 5.28. The van der Waals surface area contributed by atoms with Crippen LogP contribution in [0, 0.1) is 5.82 Å². The topological polar surface area (TPSA) is 56.2 Å². The number of hydrogen-bond acceptors (Lipinski definition) is 3. The number of benzene rings is 2. The number of ether oxygens (including phenoxy) is 1. The third-order valence-corrected chi connectivity index (χ3v) is 3.68. The number of nitrogens with zero attached hydrogens (tertiary/aromatic N) is 2. The number of rotatable bonds is 6. The van der Waals surface area contributed by atoms with Crippen LogP contribution in [0.5, 0.6) is 5.75 Å². The summed E-state index contributed by atoms with van der Waals surface area (Å²) < 4.78 is 20.2. The summed E-state index contributed by atoms with van der Waals surface area (Å²) in [5.74, 6) is 0.653. The molecule has 3 rings (SSSR count). The molecule has 5 nitrogen and oxygen atoms in total. The molecule has 0 spiro atoms. The van der Waals surface area contributed by atoms with Crippen molar-refractivity contribution in [2.75, 3.05) is 6.61 Å². The Kier molecular flexibility index (Phi) is 4.74. The number of carbonyl (C=O) groups excluding carboxylic acids is 1. The Hall–Kier alpha value is -2.89. The smallest absolute Gasteiger partial charge is 0.258 e. The van der Waals surface area contributed by atoms with Crippen LogP contribution in [-0.2, 0) is 17.9 Å². The summed E-state index contributed by atoms with van der Waals surface area (Å²) in [5, 5.41) is 2.79. The van der Waals surface area contributed by atoms with E-state index >= 15 is 0 Å². The highest BCUT2D eigenvalue weighted by Crippen LogP contribution is 2.15. The molecule has 0 saturated carbocycles. The number of aromatic nitrogens is 2. The van der Waals surface area contributed by atoms with Crippen molar-refractivity contribution in [1.82, 2.24) is 14.9 Å². The van der Waals surface area contributed by atoms with Gasteiger partial charge in [-0.3, -0.25) is 4.79 Å². The van der Waals surface area contributed by atoms with Gasteiger partial charge in [0.1, 0.15) is 17.4 Å². The molecule has 24 heavy (non-hydrogen) atoms. The second kappa shape index (κ2) is 7.12. The molecule has 6 heteroatoms. The van der Waals surface area contributed by atoms with Gasteiger partial charge in [0, 0.05) is 6.54 Å². The highest BCUT2D eigenvalue weighted by Gasteiger charge is 2.10. The molecule has 1 amide bonds. The van der Waals surface area contributed by atoms with E-state index in [0.29, 0.717) is 12.3 Å². The molecule has 0 radical (unpaired) electrons. The van der Waals surface area contributed by atoms with Crippen molar-refractivity contribution in [3.8, 4) is 5.75 Å². The summed E-state index contributed by atoms with van der Waals surface area (Å²) in [4.78, 5) is 16.5. The summed E-state index contributed by atoms with van der Waals surface area (Å²) in [5.41, 5.74) is 1.96. The lowest BCUT2D eigenvalue weighted by atomic mass is 10.3. The van der Waals surface area contributed by atoms with E-state index in [1.165, 1.54) is 24.3 Å². The maximum absolute atomic E-state index is 12.8. The van der Waals surface area contributed by atoms with Crippen molar-refractivity contribution in [1.29, 1.82) is 0 Å². The van der Waals surface area contributed by atoms with Gasteiger partial charge >= 0.3 is 0 Å². The van der Waals surface area contributed by atoms with E-state index in [9.17, 15) is 9.18 Å². The number of hydrogen-bond donors (Lipinski definition) is 1. The third kappa shape index (κ3) is 3.53. The maximum Gasteiger partial charge on any atom is 0.258 e. The van der Waals surface area contributed by atoms with Gasteiger partial charge in [-0.15, -0.1) is 0 Å². The van der Waals surface area contributed by atoms with Gasteiger partial charge in [-0.2, -0.15) is 0 Å². The van der Waals surface area contributed by atoms with Crippen molar-refractivity contribution in [2.24, 2.45) is 0 Å². The standard InChI is InChI=1S/C18H18FN3O2/c1-2-22-16-6-4-3-5-15(16)21-17(22)11-20-18(23)12-24-14-9-7-13(19)8-10-14/h3-10H,2,11-12H2,1H3,(H,20,23). The number of halogens is 1. The first-order valence-corrected chi connectivity index (χ1v) is 7.76. The van der Waals surface area contributed by atoms with Gasteiger partial charge in [0.2, 0.25) is 0 Å². The van der Waals surface area contributed by atoms with Crippen molar-refractivity contribution < 1.29 is 13.9 Å². The number of aryl methyl sites for hydroxylation is 1.